The van der Waals surface area contributed by atoms with Crippen molar-refractivity contribution in [1.29, 1.82) is 0 Å². The average Bonchev–Trinajstić information content (AvgIpc) is 2.82. The first-order valence-electron chi connectivity index (χ1n) is 6.10. The van der Waals surface area contributed by atoms with Crippen LogP contribution in [0.3, 0.4) is 0 Å². The number of carbonyl (C=O) groups excluding carboxylic acids is 1. The Balaban J connectivity index is 1.86. The molecule has 0 bridgehead atoms. The Labute approximate surface area is 106 Å². The number of anilines is 1. The van der Waals surface area contributed by atoms with E-state index in [9.17, 15) is 4.79 Å². The number of pyridine rings is 1. The summed E-state index contributed by atoms with van der Waals surface area (Å²) in [6, 6.07) is 3.83. The van der Waals surface area contributed by atoms with Gasteiger partial charge in [0.15, 0.2) is 0 Å². The van der Waals surface area contributed by atoms with Crippen LogP contribution < -0.4 is 5.32 Å². The number of H-pyrrole nitrogens is 1. The summed E-state index contributed by atoms with van der Waals surface area (Å²) >= 11 is 0. The molecule has 0 aliphatic rings. The van der Waals surface area contributed by atoms with E-state index in [-0.39, 0.29) is 5.91 Å². The predicted octanol–water partition coefficient (Wildman–Crippen LogP) is 2.32. The monoisotopic (exact) mass is 247 g/mol. The minimum atomic E-state index is -0.00797. The molecule has 1 amide bonds. The second kappa shape index (κ2) is 6.16. The molecule has 0 aliphatic heterocycles. The van der Waals surface area contributed by atoms with Crippen LogP contribution in [-0.4, -0.2) is 29.1 Å². The minimum Gasteiger partial charge on any atom is -0.382 e. The van der Waals surface area contributed by atoms with Crippen LogP contribution in [0.4, 0.5) is 5.69 Å². The molecule has 0 aromatic carbocycles. The Hall–Kier alpha value is -1.88. The molecule has 2 N–H and O–H groups in total. The van der Waals surface area contributed by atoms with Crippen molar-refractivity contribution in [2.75, 3.05) is 18.5 Å². The molecule has 2 rings (SSSR count). The molecule has 0 aliphatic carbocycles. The fourth-order valence-electron chi connectivity index (χ4n) is 1.71. The van der Waals surface area contributed by atoms with Crippen molar-refractivity contribution in [3.8, 4) is 0 Å². The van der Waals surface area contributed by atoms with Crippen LogP contribution in [0.2, 0.25) is 0 Å². The highest BCUT2D eigenvalue weighted by Crippen LogP contribution is 2.15. The van der Waals surface area contributed by atoms with Crippen molar-refractivity contribution in [1.82, 2.24) is 9.97 Å². The molecule has 0 atom stereocenters. The first-order chi connectivity index (χ1) is 8.79. The predicted molar refractivity (Wildman–Crippen MR) is 70.5 cm³/mol. The van der Waals surface area contributed by atoms with Crippen molar-refractivity contribution < 1.29 is 9.53 Å². The highest BCUT2D eigenvalue weighted by molar-refractivity contribution is 5.92. The molecular weight excluding hydrogens is 230 g/mol. The normalized spacial score (nSPS) is 10.7. The van der Waals surface area contributed by atoms with E-state index in [0.717, 1.165) is 23.1 Å². The third-order valence-corrected chi connectivity index (χ3v) is 2.58. The van der Waals surface area contributed by atoms with Gasteiger partial charge in [0.1, 0.15) is 5.65 Å². The van der Waals surface area contributed by atoms with E-state index in [2.05, 4.69) is 15.3 Å². The lowest BCUT2D eigenvalue weighted by molar-refractivity contribution is -0.116. The number of fused-ring (bicyclic) bond motifs is 1. The highest BCUT2D eigenvalue weighted by atomic mass is 16.5. The Morgan fingerprint density at radius 2 is 2.44 bits per heavy atom. The SMILES string of the molecule is CCOCCCC(=O)Nc1cnc2[nH]ccc2c1. The van der Waals surface area contributed by atoms with Gasteiger partial charge in [-0.25, -0.2) is 4.98 Å². The van der Waals surface area contributed by atoms with Gasteiger partial charge >= 0.3 is 0 Å². The third-order valence-electron chi connectivity index (χ3n) is 2.58. The van der Waals surface area contributed by atoms with E-state index < -0.39 is 0 Å². The van der Waals surface area contributed by atoms with Crippen molar-refractivity contribution in [3.05, 3.63) is 24.5 Å². The van der Waals surface area contributed by atoms with Crippen LogP contribution in [0.25, 0.3) is 11.0 Å². The van der Waals surface area contributed by atoms with Crippen LogP contribution >= 0.6 is 0 Å². The van der Waals surface area contributed by atoms with Crippen molar-refractivity contribution in [2.45, 2.75) is 19.8 Å². The van der Waals surface area contributed by atoms with Crippen LogP contribution in [0.1, 0.15) is 19.8 Å². The van der Waals surface area contributed by atoms with Gasteiger partial charge in [0, 0.05) is 31.2 Å². The number of aromatic nitrogens is 2. The Kier molecular flexibility index (Phi) is 4.30. The number of nitrogens with one attached hydrogen (secondary N) is 2. The summed E-state index contributed by atoms with van der Waals surface area (Å²) in [5.41, 5.74) is 1.55. The summed E-state index contributed by atoms with van der Waals surface area (Å²) < 4.78 is 5.18. The lowest BCUT2D eigenvalue weighted by Gasteiger charge is -2.05. The second-order valence-electron chi connectivity index (χ2n) is 3.99. The molecule has 5 nitrogen and oxygen atoms in total. The zero-order valence-corrected chi connectivity index (χ0v) is 10.4. The minimum absolute atomic E-state index is 0.00797. The molecule has 5 heteroatoms. The lowest BCUT2D eigenvalue weighted by atomic mass is 10.3. The molecule has 0 spiro atoms. The number of nitrogens with zero attached hydrogens (tertiary/aromatic N) is 1. The van der Waals surface area contributed by atoms with Gasteiger partial charge in [-0.05, 0) is 25.5 Å². The summed E-state index contributed by atoms with van der Waals surface area (Å²) in [6.45, 7) is 3.26. The Morgan fingerprint density at radius 3 is 3.28 bits per heavy atom. The highest BCUT2D eigenvalue weighted by Gasteiger charge is 2.04. The molecule has 2 aromatic rings. The van der Waals surface area contributed by atoms with E-state index >= 15 is 0 Å². The smallest absolute Gasteiger partial charge is 0.224 e. The molecule has 2 aromatic heterocycles. The topological polar surface area (TPSA) is 67.0 Å². The van der Waals surface area contributed by atoms with Gasteiger partial charge in [0.05, 0.1) is 11.9 Å². The van der Waals surface area contributed by atoms with Crippen molar-refractivity contribution in [3.63, 3.8) is 0 Å². The van der Waals surface area contributed by atoms with Gasteiger partial charge in [0.2, 0.25) is 5.91 Å². The summed E-state index contributed by atoms with van der Waals surface area (Å²) in [6.07, 6.45) is 4.68. The molecule has 18 heavy (non-hydrogen) atoms. The molecule has 0 saturated heterocycles. The molecule has 0 saturated carbocycles. The lowest BCUT2D eigenvalue weighted by Crippen LogP contribution is -2.12. The largest absolute Gasteiger partial charge is 0.382 e. The number of hydrogen-bond acceptors (Lipinski definition) is 3. The van der Waals surface area contributed by atoms with Crippen LogP contribution in [0.15, 0.2) is 24.5 Å². The summed E-state index contributed by atoms with van der Waals surface area (Å²) in [4.78, 5) is 18.9. The fourth-order valence-corrected chi connectivity index (χ4v) is 1.71. The first kappa shape index (κ1) is 12.6. The van der Waals surface area contributed by atoms with E-state index in [0.29, 0.717) is 19.6 Å². The second-order valence-corrected chi connectivity index (χ2v) is 3.99. The maximum atomic E-state index is 11.6. The van der Waals surface area contributed by atoms with E-state index in [1.165, 1.54) is 0 Å². The maximum Gasteiger partial charge on any atom is 0.224 e. The number of rotatable bonds is 6. The summed E-state index contributed by atoms with van der Waals surface area (Å²) in [5.74, 6) is -0.00797. The van der Waals surface area contributed by atoms with Gasteiger partial charge in [0.25, 0.3) is 0 Å². The molecular formula is C13H17N3O2. The first-order valence-corrected chi connectivity index (χ1v) is 6.10. The Bertz CT molecular complexity index is 522. The number of amides is 1. The zero-order chi connectivity index (χ0) is 12.8. The fraction of sp³-hybridized carbons (Fsp3) is 0.385. The van der Waals surface area contributed by atoms with Gasteiger partial charge in [-0.15, -0.1) is 0 Å². The molecule has 0 radical (unpaired) electrons. The average molecular weight is 247 g/mol. The third kappa shape index (κ3) is 3.30. The van der Waals surface area contributed by atoms with Crippen molar-refractivity contribution >= 4 is 22.6 Å². The van der Waals surface area contributed by atoms with E-state index in [1.807, 2.05) is 25.3 Å². The number of hydrogen-bond donors (Lipinski definition) is 2. The van der Waals surface area contributed by atoms with Gasteiger partial charge < -0.3 is 15.0 Å². The standard InChI is InChI=1S/C13H17N3O2/c1-2-18-7-3-4-12(17)16-11-8-10-5-6-14-13(10)15-9-11/h5-6,8-9H,2-4,7H2,1H3,(H,14,15)(H,16,17). The van der Waals surface area contributed by atoms with Gasteiger partial charge in [-0.2, -0.15) is 0 Å². The summed E-state index contributed by atoms with van der Waals surface area (Å²) in [5, 5.41) is 3.82. The number of aromatic amines is 1. The van der Waals surface area contributed by atoms with Crippen LogP contribution in [0, 0.1) is 0 Å². The summed E-state index contributed by atoms with van der Waals surface area (Å²) in [7, 11) is 0. The zero-order valence-electron chi connectivity index (χ0n) is 10.4. The maximum absolute atomic E-state index is 11.6. The van der Waals surface area contributed by atoms with Crippen LogP contribution in [-0.2, 0) is 9.53 Å². The number of carbonyl (C=O) groups is 1. The van der Waals surface area contributed by atoms with Crippen LogP contribution in [0.5, 0.6) is 0 Å². The molecule has 0 fully saturated rings. The quantitative estimate of drug-likeness (QED) is 0.770. The molecule has 2 heterocycles. The molecule has 0 unspecified atom stereocenters. The van der Waals surface area contributed by atoms with E-state index in [4.69, 9.17) is 4.74 Å². The number of ether oxygens (including phenoxy) is 1. The Morgan fingerprint density at radius 1 is 1.56 bits per heavy atom. The van der Waals surface area contributed by atoms with Crippen molar-refractivity contribution in [2.24, 2.45) is 0 Å². The van der Waals surface area contributed by atoms with Gasteiger partial charge in [-0.3, -0.25) is 4.79 Å². The molecule has 96 valence electrons. The van der Waals surface area contributed by atoms with Gasteiger partial charge in [-0.1, -0.05) is 0 Å². The van der Waals surface area contributed by atoms with E-state index in [1.54, 1.807) is 6.20 Å².